The zero-order valence-electron chi connectivity index (χ0n) is 21.1. The van der Waals surface area contributed by atoms with E-state index in [4.69, 9.17) is 19.3 Å². The maximum atomic E-state index is 6.10. The van der Waals surface area contributed by atoms with E-state index in [-0.39, 0.29) is 0 Å². The van der Waals surface area contributed by atoms with Crippen molar-refractivity contribution in [1.82, 2.24) is 9.78 Å². The van der Waals surface area contributed by atoms with Crippen molar-refractivity contribution >= 4 is 0 Å². The molecule has 0 radical (unpaired) electrons. The number of hydrogen-bond donors (Lipinski definition) is 0. The predicted molar refractivity (Wildman–Crippen MR) is 147 cm³/mol. The summed E-state index contributed by atoms with van der Waals surface area (Å²) < 4.78 is 19.5. The van der Waals surface area contributed by atoms with Gasteiger partial charge in [-0.2, -0.15) is 5.10 Å². The summed E-state index contributed by atoms with van der Waals surface area (Å²) in [6.07, 6.45) is 0. The molecule has 0 fully saturated rings. The Morgan fingerprint density at radius 1 is 0.703 bits per heavy atom. The molecule has 0 unspecified atom stereocenters. The fourth-order valence-corrected chi connectivity index (χ4v) is 4.33. The van der Waals surface area contributed by atoms with Crippen LogP contribution in [0.1, 0.15) is 11.3 Å². The van der Waals surface area contributed by atoms with Gasteiger partial charge in [0.15, 0.2) is 11.5 Å². The second-order valence-corrected chi connectivity index (χ2v) is 8.72. The molecule has 5 nitrogen and oxygen atoms in total. The van der Waals surface area contributed by atoms with Crippen LogP contribution in [-0.4, -0.2) is 30.1 Å². The molecule has 5 rings (SSSR count). The first-order valence-corrected chi connectivity index (χ1v) is 12.4. The quantitative estimate of drug-likeness (QED) is 0.196. The van der Waals surface area contributed by atoms with Crippen molar-refractivity contribution in [2.75, 3.05) is 20.3 Å². The monoisotopic (exact) mass is 490 g/mol. The first-order chi connectivity index (χ1) is 18.2. The highest BCUT2D eigenvalue weighted by molar-refractivity contribution is 5.77. The Hall–Kier alpha value is -4.35. The number of aromatic nitrogens is 2. The normalized spacial score (nSPS) is 10.9. The summed E-state index contributed by atoms with van der Waals surface area (Å²) in [5, 5.41) is 4.84. The van der Waals surface area contributed by atoms with Crippen molar-refractivity contribution in [2.24, 2.45) is 0 Å². The number of hydrogen-bond acceptors (Lipinski definition) is 4. The molecular formula is C32H30N2O3. The number of ether oxygens (including phenoxy) is 3. The third-order valence-electron chi connectivity index (χ3n) is 6.10. The zero-order valence-corrected chi connectivity index (χ0v) is 21.1. The van der Waals surface area contributed by atoms with Gasteiger partial charge in [0.05, 0.1) is 37.4 Å². The Labute approximate surface area is 217 Å². The summed E-state index contributed by atoms with van der Waals surface area (Å²) in [7, 11) is 1.65. The highest BCUT2D eigenvalue weighted by Gasteiger charge is 2.15. The van der Waals surface area contributed by atoms with Crippen LogP contribution < -0.4 is 9.47 Å². The average molecular weight is 491 g/mol. The molecule has 0 atom stereocenters. The minimum atomic E-state index is 0.421. The molecule has 186 valence electrons. The molecule has 37 heavy (non-hydrogen) atoms. The van der Waals surface area contributed by atoms with E-state index in [1.807, 2.05) is 72.3 Å². The van der Waals surface area contributed by atoms with Crippen LogP contribution >= 0.6 is 0 Å². The van der Waals surface area contributed by atoms with Gasteiger partial charge in [0.1, 0.15) is 6.61 Å². The largest absolute Gasteiger partial charge is 0.493 e. The van der Waals surface area contributed by atoms with Crippen LogP contribution in [-0.2, 0) is 11.3 Å². The molecule has 0 saturated heterocycles. The molecule has 1 heterocycles. The lowest BCUT2D eigenvalue weighted by Gasteiger charge is -2.16. The van der Waals surface area contributed by atoms with Crippen molar-refractivity contribution < 1.29 is 14.2 Å². The lowest BCUT2D eigenvalue weighted by atomic mass is 10.0. The first-order valence-electron chi connectivity index (χ1n) is 12.4. The van der Waals surface area contributed by atoms with E-state index in [2.05, 4.69) is 48.5 Å². The van der Waals surface area contributed by atoms with Crippen LogP contribution in [0.25, 0.3) is 28.1 Å². The molecule has 5 aromatic rings. The van der Waals surface area contributed by atoms with E-state index < -0.39 is 0 Å². The van der Waals surface area contributed by atoms with E-state index >= 15 is 0 Å². The summed E-state index contributed by atoms with van der Waals surface area (Å²) in [5.74, 6) is 1.36. The highest BCUT2D eigenvalue weighted by Crippen LogP contribution is 2.36. The number of para-hydroxylation sites is 1. The summed E-state index contributed by atoms with van der Waals surface area (Å²) in [6, 6.07) is 36.9. The Morgan fingerprint density at radius 3 is 2.22 bits per heavy atom. The fraction of sp³-hybridized carbons (Fsp3) is 0.156. The standard InChI is InChI=1S/C32H30N2O3/c1-24-21-30(26-13-7-4-8-14-26)34(33-24)29-16-10-9-15-28(29)27-17-18-31(35-2)32(22-27)37-20-19-36-23-25-11-5-3-6-12-25/h3-18,21-22H,19-20,23H2,1-2H3. The summed E-state index contributed by atoms with van der Waals surface area (Å²) in [6.45, 7) is 3.48. The van der Waals surface area contributed by atoms with Crippen LogP contribution in [0.3, 0.4) is 0 Å². The number of aryl methyl sites for hydroxylation is 1. The van der Waals surface area contributed by atoms with Crippen LogP contribution in [0.15, 0.2) is 109 Å². The average Bonchev–Trinajstić information content (AvgIpc) is 3.35. The van der Waals surface area contributed by atoms with E-state index in [1.165, 1.54) is 0 Å². The number of benzene rings is 4. The second-order valence-electron chi connectivity index (χ2n) is 8.72. The van der Waals surface area contributed by atoms with Gasteiger partial charge in [0.25, 0.3) is 0 Å². The van der Waals surface area contributed by atoms with E-state index in [1.54, 1.807) is 7.11 Å². The Kier molecular flexibility index (Phi) is 7.63. The summed E-state index contributed by atoms with van der Waals surface area (Å²) in [4.78, 5) is 0. The number of rotatable bonds is 10. The van der Waals surface area contributed by atoms with E-state index in [0.717, 1.165) is 39.3 Å². The predicted octanol–water partition coefficient (Wildman–Crippen LogP) is 7.12. The van der Waals surface area contributed by atoms with Gasteiger partial charge in [-0.25, -0.2) is 4.68 Å². The third-order valence-corrected chi connectivity index (χ3v) is 6.10. The van der Waals surface area contributed by atoms with Gasteiger partial charge in [-0.05, 0) is 42.3 Å². The third kappa shape index (κ3) is 5.74. The van der Waals surface area contributed by atoms with E-state index in [9.17, 15) is 0 Å². The smallest absolute Gasteiger partial charge is 0.161 e. The van der Waals surface area contributed by atoms with Gasteiger partial charge in [0, 0.05) is 11.1 Å². The molecule has 1 aromatic heterocycles. The van der Waals surface area contributed by atoms with Gasteiger partial charge in [-0.1, -0.05) is 84.9 Å². The van der Waals surface area contributed by atoms with Gasteiger partial charge in [0.2, 0.25) is 0 Å². The van der Waals surface area contributed by atoms with E-state index in [0.29, 0.717) is 31.3 Å². The lowest BCUT2D eigenvalue weighted by Crippen LogP contribution is -2.07. The fourth-order valence-electron chi connectivity index (χ4n) is 4.33. The molecule has 0 saturated carbocycles. The minimum Gasteiger partial charge on any atom is -0.493 e. The van der Waals surface area contributed by atoms with Crippen molar-refractivity contribution in [3.05, 3.63) is 120 Å². The van der Waals surface area contributed by atoms with Crippen molar-refractivity contribution in [3.8, 4) is 39.6 Å². The van der Waals surface area contributed by atoms with Gasteiger partial charge < -0.3 is 14.2 Å². The SMILES string of the molecule is COc1ccc(-c2ccccc2-n2nc(C)cc2-c2ccccc2)cc1OCCOCc1ccccc1. The first kappa shape index (κ1) is 24.3. The number of nitrogens with zero attached hydrogens (tertiary/aromatic N) is 2. The molecule has 5 heteroatoms. The van der Waals surface area contributed by atoms with Crippen LogP contribution in [0, 0.1) is 6.92 Å². The van der Waals surface area contributed by atoms with Crippen molar-refractivity contribution in [2.45, 2.75) is 13.5 Å². The molecule has 4 aromatic carbocycles. The summed E-state index contributed by atoms with van der Waals surface area (Å²) >= 11 is 0. The summed E-state index contributed by atoms with van der Waals surface area (Å²) in [5.41, 5.74) is 7.33. The molecule has 0 spiro atoms. The molecule has 0 aliphatic carbocycles. The van der Waals surface area contributed by atoms with Crippen LogP contribution in [0.4, 0.5) is 0 Å². The minimum absolute atomic E-state index is 0.421. The molecule has 0 N–H and O–H groups in total. The Balaban J connectivity index is 1.39. The van der Waals surface area contributed by atoms with Crippen molar-refractivity contribution in [1.29, 1.82) is 0 Å². The maximum Gasteiger partial charge on any atom is 0.161 e. The Bertz CT molecular complexity index is 1450. The highest BCUT2D eigenvalue weighted by atomic mass is 16.5. The van der Waals surface area contributed by atoms with Gasteiger partial charge >= 0.3 is 0 Å². The molecule has 0 aliphatic rings. The van der Waals surface area contributed by atoms with Crippen LogP contribution in [0.2, 0.25) is 0 Å². The maximum absolute atomic E-state index is 6.10. The molecule has 0 bridgehead atoms. The molecule has 0 aliphatic heterocycles. The molecular weight excluding hydrogens is 460 g/mol. The van der Waals surface area contributed by atoms with Gasteiger partial charge in [-0.15, -0.1) is 0 Å². The topological polar surface area (TPSA) is 45.5 Å². The molecule has 0 amide bonds. The zero-order chi connectivity index (χ0) is 25.5. The number of methoxy groups -OCH3 is 1. The van der Waals surface area contributed by atoms with Crippen LogP contribution in [0.5, 0.6) is 11.5 Å². The second kappa shape index (κ2) is 11.6. The van der Waals surface area contributed by atoms with Crippen molar-refractivity contribution in [3.63, 3.8) is 0 Å². The lowest BCUT2D eigenvalue weighted by molar-refractivity contribution is 0.0880. The Morgan fingerprint density at radius 2 is 1.43 bits per heavy atom. The van der Waals surface area contributed by atoms with Gasteiger partial charge in [-0.3, -0.25) is 0 Å².